The van der Waals surface area contributed by atoms with Crippen LogP contribution < -0.4 is 16.0 Å². The molecule has 2 aromatic heterocycles. The Morgan fingerprint density at radius 3 is 2.89 bits per heavy atom. The molecule has 0 aliphatic carbocycles. The number of aromatic amines is 1. The van der Waals surface area contributed by atoms with E-state index < -0.39 is 17.6 Å². The van der Waals surface area contributed by atoms with Crippen molar-refractivity contribution in [3.05, 3.63) is 41.5 Å². The van der Waals surface area contributed by atoms with Crippen molar-refractivity contribution in [2.45, 2.75) is 31.5 Å². The largest absolute Gasteiger partial charge is 0.419 e. The van der Waals surface area contributed by atoms with Gasteiger partial charge in [-0.3, -0.25) is 4.79 Å². The van der Waals surface area contributed by atoms with Crippen LogP contribution in [0, 0.1) is 0 Å². The van der Waals surface area contributed by atoms with Crippen molar-refractivity contribution < 1.29 is 18.0 Å². The maximum absolute atomic E-state index is 13.6. The van der Waals surface area contributed by atoms with Crippen LogP contribution >= 0.6 is 0 Å². The molecule has 1 amide bonds. The lowest BCUT2D eigenvalue weighted by Crippen LogP contribution is -2.38. The summed E-state index contributed by atoms with van der Waals surface area (Å²) in [7, 11) is 0. The Balaban J connectivity index is 1.77. The Labute approximate surface area is 158 Å². The first-order valence-corrected chi connectivity index (χ1v) is 9.01. The molecule has 10 heteroatoms. The highest BCUT2D eigenvalue weighted by molar-refractivity contribution is 5.97. The number of aromatic nitrogens is 3. The molecule has 4 heterocycles. The molecule has 2 aliphatic heterocycles. The second-order valence-corrected chi connectivity index (χ2v) is 6.78. The summed E-state index contributed by atoms with van der Waals surface area (Å²) in [4.78, 5) is 23.0. The predicted molar refractivity (Wildman–Crippen MR) is 96.6 cm³/mol. The lowest BCUT2D eigenvalue weighted by atomic mass is 10.0. The molecule has 4 rings (SSSR count). The summed E-state index contributed by atoms with van der Waals surface area (Å²) in [5.41, 5.74) is -0.223. The summed E-state index contributed by atoms with van der Waals surface area (Å²) in [5, 5.41) is 8.89. The first-order valence-electron chi connectivity index (χ1n) is 9.01. The molecule has 0 bridgehead atoms. The van der Waals surface area contributed by atoms with Gasteiger partial charge in [-0.05, 0) is 31.4 Å². The van der Waals surface area contributed by atoms with Gasteiger partial charge in [-0.15, -0.1) is 0 Å². The Bertz CT molecular complexity index is 915. The third-order valence-corrected chi connectivity index (χ3v) is 4.85. The second kappa shape index (κ2) is 7.27. The molecule has 4 N–H and O–H groups in total. The number of nitrogens with one attached hydrogen (secondary N) is 4. The van der Waals surface area contributed by atoms with Crippen LogP contribution in [0.2, 0.25) is 0 Å². The Morgan fingerprint density at radius 1 is 1.29 bits per heavy atom. The van der Waals surface area contributed by atoms with Crippen LogP contribution in [0.3, 0.4) is 0 Å². The van der Waals surface area contributed by atoms with E-state index in [9.17, 15) is 18.0 Å². The molecule has 0 radical (unpaired) electrons. The van der Waals surface area contributed by atoms with Crippen molar-refractivity contribution >= 4 is 11.9 Å². The molecule has 1 atom stereocenters. The fraction of sp³-hybridized carbons (Fsp3) is 0.389. The number of allylic oxidation sites excluding steroid dienone is 1. The number of amides is 1. The summed E-state index contributed by atoms with van der Waals surface area (Å²) < 4.78 is 40.8. The third-order valence-electron chi connectivity index (χ3n) is 4.85. The summed E-state index contributed by atoms with van der Waals surface area (Å²) in [6.07, 6.45) is 2.90. The molecular formula is C18H19F3N6O. The van der Waals surface area contributed by atoms with Gasteiger partial charge in [0.15, 0.2) is 0 Å². The smallest absolute Gasteiger partial charge is 0.356 e. The standard InChI is InChI=1S/C18H19F3N6O/c19-18(20,21)13-9-25-17(26-10-3-1-5-22-7-10)27-14(13)12-8-24-15-11(12)4-2-6-23-16(15)28/h2,6,8-10,22,24H,1,3-5,7H2,(H,23,28)(H,25,26,27)/t10-/m0/s1. The lowest BCUT2D eigenvalue weighted by Gasteiger charge is -2.24. The van der Waals surface area contributed by atoms with E-state index in [1.165, 1.54) is 12.4 Å². The minimum absolute atomic E-state index is 0.0513. The van der Waals surface area contributed by atoms with Crippen LogP contribution in [0.4, 0.5) is 19.1 Å². The normalized spacial score (nSPS) is 19.7. The van der Waals surface area contributed by atoms with Crippen molar-refractivity contribution in [2.24, 2.45) is 0 Å². The SMILES string of the molecule is O=C1NC=CCc2c(-c3nc(N[C@H]4CCCNC4)ncc3C(F)(F)F)c[nH]c21. The predicted octanol–water partition coefficient (Wildman–Crippen LogP) is 2.45. The molecule has 7 nitrogen and oxygen atoms in total. The molecule has 0 saturated carbocycles. The summed E-state index contributed by atoms with van der Waals surface area (Å²) in [6.45, 7) is 1.62. The average Bonchev–Trinajstić information content (AvgIpc) is 3.00. The van der Waals surface area contributed by atoms with Gasteiger partial charge in [-0.2, -0.15) is 13.2 Å². The third kappa shape index (κ3) is 3.59. The highest BCUT2D eigenvalue weighted by Crippen LogP contribution is 2.38. The number of hydrogen-bond acceptors (Lipinski definition) is 5. The van der Waals surface area contributed by atoms with Gasteiger partial charge in [-0.1, -0.05) is 6.08 Å². The van der Waals surface area contributed by atoms with Gasteiger partial charge >= 0.3 is 6.18 Å². The molecular weight excluding hydrogens is 373 g/mol. The number of H-pyrrole nitrogens is 1. The molecule has 1 fully saturated rings. The van der Waals surface area contributed by atoms with Crippen molar-refractivity contribution in [1.82, 2.24) is 25.6 Å². The van der Waals surface area contributed by atoms with Gasteiger partial charge in [-0.25, -0.2) is 9.97 Å². The number of nitrogens with zero attached hydrogens (tertiary/aromatic N) is 2. The zero-order valence-corrected chi connectivity index (χ0v) is 14.9. The fourth-order valence-electron chi connectivity index (χ4n) is 3.48. The average molecular weight is 392 g/mol. The summed E-state index contributed by atoms with van der Waals surface area (Å²) in [5.74, 6) is -0.260. The summed E-state index contributed by atoms with van der Waals surface area (Å²) in [6, 6.07) is 0.0513. The number of alkyl halides is 3. The van der Waals surface area contributed by atoms with Crippen molar-refractivity contribution in [3.8, 4) is 11.3 Å². The van der Waals surface area contributed by atoms with E-state index in [1.54, 1.807) is 6.08 Å². The van der Waals surface area contributed by atoms with E-state index in [-0.39, 0.29) is 28.9 Å². The fourth-order valence-corrected chi connectivity index (χ4v) is 3.48. The highest BCUT2D eigenvalue weighted by Gasteiger charge is 2.37. The van der Waals surface area contributed by atoms with Gasteiger partial charge in [0.05, 0.1) is 5.69 Å². The number of carbonyl (C=O) groups excluding carboxylic acids is 1. The van der Waals surface area contributed by atoms with Gasteiger partial charge in [0.2, 0.25) is 5.95 Å². The highest BCUT2D eigenvalue weighted by atomic mass is 19.4. The van der Waals surface area contributed by atoms with Gasteiger partial charge < -0.3 is 20.9 Å². The molecule has 0 spiro atoms. The first kappa shape index (κ1) is 18.5. The van der Waals surface area contributed by atoms with Crippen LogP contribution in [0.25, 0.3) is 11.3 Å². The molecule has 0 aromatic carbocycles. The quantitative estimate of drug-likeness (QED) is 0.644. The van der Waals surface area contributed by atoms with E-state index in [1.807, 2.05) is 0 Å². The Morgan fingerprint density at radius 2 is 2.14 bits per heavy atom. The lowest BCUT2D eigenvalue weighted by molar-refractivity contribution is -0.137. The monoisotopic (exact) mass is 392 g/mol. The van der Waals surface area contributed by atoms with E-state index in [0.717, 1.165) is 25.6 Å². The molecule has 28 heavy (non-hydrogen) atoms. The van der Waals surface area contributed by atoms with Crippen molar-refractivity contribution in [3.63, 3.8) is 0 Å². The number of piperidine rings is 1. The maximum Gasteiger partial charge on any atom is 0.419 e. The van der Waals surface area contributed by atoms with Crippen LogP contribution in [-0.4, -0.2) is 40.0 Å². The topological polar surface area (TPSA) is 94.7 Å². The number of fused-ring (bicyclic) bond motifs is 1. The molecule has 1 saturated heterocycles. The van der Waals surface area contributed by atoms with Crippen molar-refractivity contribution in [2.75, 3.05) is 18.4 Å². The van der Waals surface area contributed by atoms with E-state index in [2.05, 4.69) is 30.9 Å². The Kier molecular flexibility index (Phi) is 4.80. The number of rotatable bonds is 3. The van der Waals surface area contributed by atoms with Gasteiger partial charge in [0, 0.05) is 36.7 Å². The van der Waals surface area contributed by atoms with Crippen LogP contribution in [0.5, 0.6) is 0 Å². The molecule has 0 unspecified atom stereocenters. The minimum Gasteiger partial charge on any atom is -0.356 e. The number of halogens is 3. The number of carbonyl (C=O) groups is 1. The van der Waals surface area contributed by atoms with E-state index in [4.69, 9.17) is 0 Å². The minimum atomic E-state index is -4.62. The number of hydrogen-bond donors (Lipinski definition) is 4. The molecule has 148 valence electrons. The zero-order valence-electron chi connectivity index (χ0n) is 14.9. The zero-order chi connectivity index (χ0) is 19.7. The van der Waals surface area contributed by atoms with E-state index in [0.29, 0.717) is 18.5 Å². The van der Waals surface area contributed by atoms with Crippen LogP contribution in [0.15, 0.2) is 24.7 Å². The first-order chi connectivity index (χ1) is 13.4. The number of anilines is 1. The van der Waals surface area contributed by atoms with Crippen molar-refractivity contribution in [1.29, 1.82) is 0 Å². The molecule has 2 aliphatic rings. The maximum atomic E-state index is 13.6. The second-order valence-electron chi connectivity index (χ2n) is 6.78. The van der Waals surface area contributed by atoms with E-state index >= 15 is 0 Å². The summed E-state index contributed by atoms with van der Waals surface area (Å²) >= 11 is 0. The molecule has 2 aromatic rings. The van der Waals surface area contributed by atoms with Gasteiger partial charge in [0.1, 0.15) is 11.3 Å². The Hall–Kier alpha value is -2.88. The van der Waals surface area contributed by atoms with Crippen LogP contribution in [0.1, 0.15) is 34.5 Å². The van der Waals surface area contributed by atoms with Crippen LogP contribution in [-0.2, 0) is 12.6 Å². The van der Waals surface area contributed by atoms with Gasteiger partial charge in [0.25, 0.3) is 5.91 Å².